The quantitative estimate of drug-likeness (QED) is 0.657. The lowest BCUT2D eigenvalue weighted by atomic mass is 10.2. The molecule has 0 saturated carbocycles. The van der Waals surface area contributed by atoms with Gasteiger partial charge in [0.25, 0.3) is 0 Å². The van der Waals surface area contributed by atoms with Crippen molar-refractivity contribution in [2.75, 3.05) is 5.01 Å². The van der Waals surface area contributed by atoms with Crippen LogP contribution in [-0.4, -0.2) is 30.1 Å². The van der Waals surface area contributed by atoms with Crippen molar-refractivity contribution in [1.82, 2.24) is 19.6 Å². The van der Waals surface area contributed by atoms with Gasteiger partial charge in [0, 0.05) is 33.6 Å². The highest BCUT2D eigenvalue weighted by atomic mass is 35.5. The van der Waals surface area contributed by atoms with E-state index in [4.69, 9.17) is 28.9 Å². The third-order valence-electron chi connectivity index (χ3n) is 4.35. The topological polar surface area (TPSA) is 77.3 Å². The Morgan fingerprint density at radius 3 is 2.54 bits per heavy atom. The average Bonchev–Trinajstić information content (AvgIpc) is 3.31. The van der Waals surface area contributed by atoms with Crippen LogP contribution < -0.4 is 10.7 Å². The molecule has 10 heteroatoms. The predicted octanol–water partition coefficient (Wildman–Crippen LogP) is 3.86. The van der Waals surface area contributed by atoms with Crippen LogP contribution in [0.1, 0.15) is 17.0 Å². The number of nitrogens with two attached hydrogens (primary N) is 1. The number of hydrazone groups is 1. The summed E-state index contributed by atoms with van der Waals surface area (Å²) >= 11 is 14.0. The Bertz CT molecular complexity index is 1020. The molecule has 0 aliphatic carbocycles. The van der Waals surface area contributed by atoms with Crippen molar-refractivity contribution >= 4 is 45.8 Å². The molecule has 3 heterocycles. The number of rotatable bonds is 5. The Hall–Kier alpha value is -2.00. The van der Waals surface area contributed by atoms with E-state index in [1.54, 1.807) is 9.69 Å². The number of hydrogen-bond acceptors (Lipinski definition) is 6. The van der Waals surface area contributed by atoms with E-state index in [0.717, 1.165) is 22.0 Å². The molecule has 2 N–H and O–H groups in total. The largest absolute Gasteiger partial charge is 0.301 e. The summed E-state index contributed by atoms with van der Waals surface area (Å²) in [6.07, 6.45) is 1.86. The molecule has 1 aromatic carbocycles. The molecule has 0 bridgehead atoms. The van der Waals surface area contributed by atoms with Gasteiger partial charge in [0.2, 0.25) is 0 Å². The third kappa shape index (κ3) is 3.91. The molecular formula is C18H19Cl2N7S. The minimum Gasteiger partial charge on any atom is -0.301 e. The molecule has 3 aromatic rings. The van der Waals surface area contributed by atoms with E-state index >= 15 is 0 Å². The molecule has 0 saturated heterocycles. The Morgan fingerprint density at radius 2 is 1.86 bits per heavy atom. The standard InChI is InChI=1S/C18H19Cl2N7S/c1-11-8-12(2)26(22-11)10-17-24-27(18(21)28-17)16-6-7-25(23-16)9-13-14(19)4-3-5-15(13)20/h3-8,18H,9-10,21H2,1-2H3. The number of aryl methyl sites for hydroxylation is 2. The number of benzene rings is 1. The Balaban J connectivity index is 1.51. The summed E-state index contributed by atoms with van der Waals surface area (Å²) in [5.41, 5.74) is 8.83. The van der Waals surface area contributed by atoms with Gasteiger partial charge >= 0.3 is 0 Å². The molecule has 1 atom stereocenters. The minimum atomic E-state index is -0.334. The number of anilines is 1. The van der Waals surface area contributed by atoms with Crippen molar-refractivity contribution in [3.05, 3.63) is 63.5 Å². The van der Waals surface area contributed by atoms with Gasteiger partial charge in [-0.25, -0.2) is 5.01 Å². The highest BCUT2D eigenvalue weighted by molar-refractivity contribution is 8.14. The van der Waals surface area contributed by atoms with Crippen LogP contribution in [0.25, 0.3) is 0 Å². The monoisotopic (exact) mass is 435 g/mol. The Morgan fingerprint density at radius 1 is 1.11 bits per heavy atom. The van der Waals surface area contributed by atoms with Gasteiger partial charge in [-0.05, 0) is 32.0 Å². The molecule has 7 nitrogen and oxygen atoms in total. The molecule has 1 aliphatic rings. The fraction of sp³-hybridized carbons (Fsp3) is 0.278. The van der Waals surface area contributed by atoms with Crippen LogP contribution in [0.4, 0.5) is 5.82 Å². The van der Waals surface area contributed by atoms with Gasteiger partial charge in [-0.3, -0.25) is 9.36 Å². The summed E-state index contributed by atoms with van der Waals surface area (Å²) in [4.78, 5) is 0. The number of nitrogens with zero attached hydrogens (tertiary/aromatic N) is 6. The zero-order chi connectivity index (χ0) is 19.8. The van der Waals surface area contributed by atoms with Gasteiger partial charge in [0.15, 0.2) is 11.3 Å². The van der Waals surface area contributed by atoms with E-state index in [9.17, 15) is 0 Å². The van der Waals surface area contributed by atoms with Crippen molar-refractivity contribution in [2.45, 2.75) is 32.4 Å². The summed E-state index contributed by atoms with van der Waals surface area (Å²) in [5, 5.41) is 17.5. The molecule has 0 fully saturated rings. The summed E-state index contributed by atoms with van der Waals surface area (Å²) in [6.45, 7) is 5.06. The molecule has 0 spiro atoms. The lowest BCUT2D eigenvalue weighted by Gasteiger charge is -2.15. The van der Waals surface area contributed by atoms with Gasteiger partial charge in [-0.2, -0.15) is 15.3 Å². The first kappa shape index (κ1) is 19.3. The van der Waals surface area contributed by atoms with Gasteiger partial charge in [0.1, 0.15) is 5.04 Å². The maximum absolute atomic E-state index is 6.26. The SMILES string of the molecule is Cc1cc(C)n(CC2=NN(c3ccn(Cc4c(Cl)cccc4Cl)n3)C(N)S2)n1. The van der Waals surface area contributed by atoms with Gasteiger partial charge in [-0.1, -0.05) is 41.0 Å². The smallest absolute Gasteiger partial charge is 0.173 e. The van der Waals surface area contributed by atoms with Gasteiger partial charge in [0.05, 0.1) is 18.8 Å². The predicted molar refractivity (Wildman–Crippen MR) is 115 cm³/mol. The molecule has 1 unspecified atom stereocenters. The van der Waals surface area contributed by atoms with E-state index in [2.05, 4.69) is 15.3 Å². The highest BCUT2D eigenvalue weighted by Gasteiger charge is 2.27. The highest BCUT2D eigenvalue weighted by Crippen LogP contribution is 2.29. The summed E-state index contributed by atoms with van der Waals surface area (Å²) < 4.78 is 3.70. The minimum absolute atomic E-state index is 0.334. The lowest BCUT2D eigenvalue weighted by molar-refractivity contribution is 0.673. The maximum Gasteiger partial charge on any atom is 0.173 e. The van der Waals surface area contributed by atoms with E-state index in [1.807, 2.05) is 55.1 Å². The fourth-order valence-corrected chi connectivity index (χ4v) is 4.39. The Kier molecular flexibility index (Phi) is 5.37. The summed E-state index contributed by atoms with van der Waals surface area (Å²) in [5.74, 6) is 0.673. The average molecular weight is 436 g/mol. The molecule has 28 heavy (non-hydrogen) atoms. The van der Waals surface area contributed by atoms with Gasteiger partial charge < -0.3 is 5.73 Å². The second-order valence-electron chi connectivity index (χ2n) is 6.50. The Labute approximate surface area is 177 Å². The first-order valence-corrected chi connectivity index (χ1v) is 10.3. The normalized spacial score (nSPS) is 16.7. The molecule has 0 amide bonds. The zero-order valence-corrected chi connectivity index (χ0v) is 17.7. The number of thioether (sulfide) groups is 1. The maximum atomic E-state index is 6.26. The number of hydrogen-bond donors (Lipinski definition) is 1. The van der Waals surface area contributed by atoms with Crippen LogP contribution in [0.5, 0.6) is 0 Å². The molecule has 2 aromatic heterocycles. The van der Waals surface area contributed by atoms with Crippen LogP contribution in [0.2, 0.25) is 10.0 Å². The van der Waals surface area contributed by atoms with Crippen LogP contribution in [-0.2, 0) is 13.1 Å². The van der Waals surface area contributed by atoms with E-state index in [1.165, 1.54) is 11.8 Å². The summed E-state index contributed by atoms with van der Waals surface area (Å²) in [6, 6.07) is 9.37. The van der Waals surface area contributed by atoms with E-state index in [-0.39, 0.29) is 5.50 Å². The van der Waals surface area contributed by atoms with Crippen LogP contribution in [0, 0.1) is 13.8 Å². The molecular weight excluding hydrogens is 417 g/mol. The molecule has 0 radical (unpaired) electrons. The first-order valence-electron chi connectivity index (χ1n) is 8.67. The third-order valence-corrected chi connectivity index (χ3v) is 5.98. The van der Waals surface area contributed by atoms with Crippen LogP contribution >= 0.6 is 35.0 Å². The second kappa shape index (κ2) is 7.79. The second-order valence-corrected chi connectivity index (χ2v) is 8.51. The molecule has 1 aliphatic heterocycles. The van der Waals surface area contributed by atoms with Gasteiger partial charge in [-0.15, -0.1) is 0 Å². The lowest BCUT2D eigenvalue weighted by Crippen LogP contribution is -2.32. The van der Waals surface area contributed by atoms with Crippen molar-refractivity contribution in [3.63, 3.8) is 0 Å². The fourth-order valence-electron chi connectivity index (χ4n) is 3.01. The van der Waals surface area contributed by atoms with E-state index < -0.39 is 0 Å². The van der Waals surface area contributed by atoms with Crippen LogP contribution in [0.15, 0.2) is 41.6 Å². The summed E-state index contributed by atoms with van der Waals surface area (Å²) in [7, 11) is 0. The van der Waals surface area contributed by atoms with Crippen molar-refractivity contribution < 1.29 is 0 Å². The van der Waals surface area contributed by atoms with Crippen molar-refractivity contribution in [2.24, 2.45) is 10.8 Å². The molecule has 146 valence electrons. The first-order chi connectivity index (χ1) is 13.4. The molecule has 4 rings (SSSR count). The van der Waals surface area contributed by atoms with Crippen molar-refractivity contribution in [3.8, 4) is 0 Å². The van der Waals surface area contributed by atoms with Crippen molar-refractivity contribution in [1.29, 1.82) is 0 Å². The van der Waals surface area contributed by atoms with Crippen LogP contribution in [0.3, 0.4) is 0 Å². The number of halogens is 2. The van der Waals surface area contributed by atoms with E-state index in [0.29, 0.717) is 29.0 Å². The zero-order valence-electron chi connectivity index (χ0n) is 15.4. The number of aromatic nitrogens is 4.